The van der Waals surface area contributed by atoms with Crippen LogP contribution < -0.4 is 20.9 Å². The standard InChI is InChI=1S/C32H37N2O4/c33-28-22-27(24-35)32(30(34)23-28)38-21-11-6-4-2-1-3-5-10-20-37-29-17-14-25(15-18-29)16-19-31(36)26-12-8-7-9-13-26/h7-9,12-19,22-23H,1-6,10-11,20-21,33-34H2. The summed E-state index contributed by atoms with van der Waals surface area (Å²) in [4.78, 5) is 23.2. The normalized spacial score (nSPS) is 10.9. The molecule has 38 heavy (non-hydrogen) atoms. The molecule has 0 atom stereocenters. The van der Waals surface area contributed by atoms with Crippen LogP contribution in [0.25, 0.3) is 6.08 Å². The Labute approximate surface area is 225 Å². The number of anilines is 2. The van der Waals surface area contributed by atoms with Crippen molar-refractivity contribution in [2.45, 2.75) is 51.4 Å². The molecule has 4 N–H and O–H groups in total. The second-order valence-electron chi connectivity index (χ2n) is 9.25. The summed E-state index contributed by atoms with van der Waals surface area (Å²) in [5.74, 6) is 1.21. The second-order valence-corrected chi connectivity index (χ2v) is 9.25. The maximum atomic E-state index is 12.2. The smallest absolute Gasteiger partial charge is 0.237 e. The molecule has 0 aliphatic carbocycles. The number of unbranched alkanes of at least 4 members (excludes halogenated alkanes) is 7. The number of allylic oxidation sites excluding steroid dienone is 1. The summed E-state index contributed by atoms with van der Waals surface area (Å²) in [6.45, 7) is 1.22. The van der Waals surface area contributed by atoms with Gasteiger partial charge < -0.3 is 20.9 Å². The molecule has 6 heteroatoms. The highest BCUT2D eigenvalue weighted by Crippen LogP contribution is 2.28. The SMILES string of the molecule is Nc1cc(N)c(OCCCCCCCCCCOc2ccc(C=CC(=O)c3ccccc3)cc2)c([C]=O)c1. The van der Waals surface area contributed by atoms with Crippen LogP contribution in [0.2, 0.25) is 0 Å². The number of nitrogens with two attached hydrogens (primary N) is 2. The molecule has 199 valence electrons. The minimum absolute atomic E-state index is 0.00650. The molecule has 0 aliphatic rings. The first kappa shape index (κ1) is 28.5. The van der Waals surface area contributed by atoms with Crippen molar-refractivity contribution >= 4 is 29.5 Å². The van der Waals surface area contributed by atoms with Gasteiger partial charge >= 0.3 is 0 Å². The van der Waals surface area contributed by atoms with Gasteiger partial charge in [-0.3, -0.25) is 9.59 Å². The molecule has 0 amide bonds. The molecule has 0 spiro atoms. The molecule has 3 aromatic carbocycles. The van der Waals surface area contributed by atoms with E-state index in [0.717, 1.165) is 43.4 Å². The predicted octanol–water partition coefficient (Wildman–Crippen LogP) is 6.78. The number of ketones is 1. The van der Waals surface area contributed by atoms with Gasteiger partial charge in [0.15, 0.2) is 11.5 Å². The molecule has 3 aromatic rings. The van der Waals surface area contributed by atoms with Crippen LogP contribution in [0.1, 0.15) is 72.9 Å². The number of hydrogen-bond acceptors (Lipinski definition) is 6. The van der Waals surface area contributed by atoms with E-state index in [1.165, 1.54) is 25.3 Å². The Kier molecular flexibility index (Phi) is 11.9. The van der Waals surface area contributed by atoms with Crippen LogP contribution in [-0.2, 0) is 4.79 Å². The van der Waals surface area contributed by atoms with Gasteiger partial charge in [-0.15, -0.1) is 0 Å². The van der Waals surface area contributed by atoms with Gasteiger partial charge in [-0.05, 0) is 48.7 Å². The van der Waals surface area contributed by atoms with E-state index in [-0.39, 0.29) is 11.3 Å². The average Bonchev–Trinajstić information content (AvgIpc) is 2.94. The first-order valence-corrected chi connectivity index (χ1v) is 13.3. The topological polar surface area (TPSA) is 105 Å². The summed E-state index contributed by atoms with van der Waals surface area (Å²) in [5.41, 5.74) is 14.3. The molecule has 0 fully saturated rings. The number of benzene rings is 3. The lowest BCUT2D eigenvalue weighted by molar-refractivity contribution is 0.104. The van der Waals surface area contributed by atoms with Crippen molar-refractivity contribution in [1.82, 2.24) is 0 Å². The number of rotatable bonds is 17. The van der Waals surface area contributed by atoms with Crippen LogP contribution in [0, 0.1) is 0 Å². The number of carbonyl (C=O) groups excluding carboxylic acids is 2. The summed E-state index contributed by atoms with van der Waals surface area (Å²) in [6, 6.07) is 20.2. The monoisotopic (exact) mass is 513 g/mol. The second kappa shape index (κ2) is 15.9. The zero-order chi connectivity index (χ0) is 27.0. The Balaban J connectivity index is 1.19. The molecule has 1 radical (unpaired) electrons. The summed E-state index contributed by atoms with van der Waals surface area (Å²) in [6.07, 6.45) is 14.2. The Bertz CT molecular complexity index is 1170. The highest BCUT2D eigenvalue weighted by Gasteiger charge is 2.09. The molecule has 0 aromatic heterocycles. The van der Waals surface area contributed by atoms with Crippen LogP contribution in [0.5, 0.6) is 11.5 Å². The first-order valence-electron chi connectivity index (χ1n) is 13.3. The maximum absolute atomic E-state index is 12.2. The van der Waals surface area contributed by atoms with Crippen molar-refractivity contribution in [3.8, 4) is 11.5 Å². The van der Waals surface area contributed by atoms with Crippen LogP contribution >= 0.6 is 0 Å². The molecule has 0 heterocycles. The lowest BCUT2D eigenvalue weighted by atomic mass is 10.1. The first-order chi connectivity index (χ1) is 18.6. The van der Waals surface area contributed by atoms with Gasteiger partial charge in [0.05, 0.1) is 24.5 Å². The van der Waals surface area contributed by atoms with Crippen LogP contribution in [-0.4, -0.2) is 25.3 Å². The van der Waals surface area contributed by atoms with Crippen molar-refractivity contribution in [2.24, 2.45) is 0 Å². The predicted molar refractivity (Wildman–Crippen MR) is 154 cm³/mol. The Morgan fingerprint density at radius 2 is 1.37 bits per heavy atom. The number of carbonyl (C=O) groups is 1. The summed E-state index contributed by atoms with van der Waals surface area (Å²) >= 11 is 0. The summed E-state index contributed by atoms with van der Waals surface area (Å²) in [5, 5.41) is 0. The van der Waals surface area contributed by atoms with Gasteiger partial charge in [-0.2, -0.15) is 0 Å². The average molecular weight is 514 g/mol. The fourth-order valence-electron chi connectivity index (χ4n) is 4.09. The zero-order valence-electron chi connectivity index (χ0n) is 21.9. The van der Waals surface area contributed by atoms with E-state index in [0.29, 0.717) is 35.9 Å². The van der Waals surface area contributed by atoms with E-state index in [4.69, 9.17) is 20.9 Å². The molecule has 6 nitrogen and oxygen atoms in total. The molecule has 0 unspecified atom stereocenters. The van der Waals surface area contributed by atoms with Crippen molar-refractivity contribution in [3.05, 3.63) is 89.5 Å². The van der Waals surface area contributed by atoms with E-state index in [9.17, 15) is 9.59 Å². The van der Waals surface area contributed by atoms with Gasteiger partial charge in [0.1, 0.15) is 5.75 Å². The van der Waals surface area contributed by atoms with E-state index >= 15 is 0 Å². The van der Waals surface area contributed by atoms with Gasteiger partial charge in [-0.1, -0.05) is 87.1 Å². The van der Waals surface area contributed by atoms with Gasteiger partial charge in [0.25, 0.3) is 0 Å². The lowest BCUT2D eigenvalue weighted by Gasteiger charge is -2.11. The molecule has 0 saturated carbocycles. The van der Waals surface area contributed by atoms with E-state index in [1.807, 2.05) is 67.0 Å². The lowest BCUT2D eigenvalue weighted by Crippen LogP contribution is -2.04. The quantitative estimate of drug-likeness (QED) is 0.0892. The summed E-state index contributed by atoms with van der Waals surface area (Å²) < 4.78 is 11.5. The zero-order valence-corrected chi connectivity index (χ0v) is 21.9. The molecule has 0 aliphatic heterocycles. The van der Waals surface area contributed by atoms with Crippen molar-refractivity contribution in [2.75, 3.05) is 24.7 Å². The Morgan fingerprint density at radius 1 is 0.763 bits per heavy atom. The van der Waals surface area contributed by atoms with Gasteiger partial charge in [0, 0.05) is 11.3 Å². The largest absolute Gasteiger partial charge is 0.494 e. The summed E-state index contributed by atoms with van der Waals surface area (Å²) in [7, 11) is 0. The number of hydrogen-bond donors (Lipinski definition) is 2. The minimum atomic E-state index is -0.00650. The fraction of sp³-hybridized carbons (Fsp3) is 0.312. The Morgan fingerprint density at radius 3 is 2.00 bits per heavy atom. The number of ether oxygens (including phenoxy) is 2. The fourth-order valence-corrected chi connectivity index (χ4v) is 4.09. The van der Waals surface area contributed by atoms with Crippen LogP contribution in [0.15, 0.2) is 72.8 Å². The van der Waals surface area contributed by atoms with E-state index in [2.05, 4.69) is 0 Å². The molecule has 0 bridgehead atoms. The molecular weight excluding hydrogens is 476 g/mol. The third-order valence-corrected chi connectivity index (χ3v) is 6.17. The van der Waals surface area contributed by atoms with Gasteiger partial charge in [0.2, 0.25) is 6.29 Å². The van der Waals surface area contributed by atoms with Crippen LogP contribution in [0.4, 0.5) is 11.4 Å². The van der Waals surface area contributed by atoms with Crippen molar-refractivity contribution < 1.29 is 19.1 Å². The highest BCUT2D eigenvalue weighted by atomic mass is 16.5. The molecule has 3 rings (SSSR count). The van der Waals surface area contributed by atoms with E-state index in [1.54, 1.807) is 12.1 Å². The minimum Gasteiger partial charge on any atom is -0.494 e. The molecular formula is C32H37N2O4. The van der Waals surface area contributed by atoms with Crippen molar-refractivity contribution in [1.29, 1.82) is 0 Å². The van der Waals surface area contributed by atoms with Crippen molar-refractivity contribution in [3.63, 3.8) is 0 Å². The third-order valence-electron chi connectivity index (χ3n) is 6.17. The maximum Gasteiger partial charge on any atom is 0.237 e. The van der Waals surface area contributed by atoms with Gasteiger partial charge in [-0.25, -0.2) is 0 Å². The number of nitrogen functional groups attached to an aromatic ring is 2. The Hall–Kier alpha value is -4.06. The highest BCUT2D eigenvalue weighted by molar-refractivity contribution is 6.06. The molecule has 0 saturated heterocycles. The third kappa shape index (κ3) is 9.77. The van der Waals surface area contributed by atoms with E-state index < -0.39 is 0 Å². The van der Waals surface area contributed by atoms with Crippen LogP contribution in [0.3, 0.4) is 0 Å².